The summed E-state index contributed by atoms with van der Waals surface area (Å²) < 4.78 is 34.1. The maximum Gasteiger partial charge on any atom is 0.264 e. The van der Waals surface area contributed by atoms with E-state index in [2.05, 4.69) is 26.5 Å². The molecule has 3 aromatic rings. The first kappa shape index (κ1) is 24.8. The van der Waals surface area contributed by atoms with E-state index in [1.54, 1.807) is 18.2 Å². The van der Waals surface area contributed by atoms with Gasteiger partial charge in [0.05, 0.1) is 23.9 Å². The van der Waals surface area contributed by atoms with Crippen LogP contribution in [0.2, 0.25) is 5.02 Å². The minimum absolute atomic E-state index is 0.0274. The van der Waals surface area contributed by atoms with Gasteiger partial charge in [-0.05, 0) is 43.3 Å². The van der Waals surface area contributed by atoms with Crippen molar-refractivity contribution in [3.63, 3.8) is 0 Å². The fourth-order valence-electron chi connectivity index (χ4n) is 2.91. The first-order chi connectivity index (χ1) is 15.7. The summed E-state index contributed by atoms with van der Waals surface area (Å²) in [5.74, 6) is -0.393. The van der Waals surface area contributed by atoms with Gasteiger partial charge in [-0.15, -0.1) is 0 Å². The molecule has 1 N–H and O–H groups in total. The van der Waals surface area contributed by atoms with Gasteiger partial charge < -0.3 is 4.74 Å². The minimum atomic E-state index is -4.12. The number of aryl methyl sites for hydroxylation is 1. The number of nitrogens with zero attached hydrogens (tertiary/aromatic N) is 2. The van der Waals surface area contributed by atoms with Gasteiger partial charge in [0, 0.05) is 15.1 Å². The molecule has 0 radical (unpaired) electrons. The smallest absolute Gasteiger partial charge is 0.264 e. The summed E-state index contributed by atoms with van der Waals surface area (Å²) in [6, 6.07) is 18.2. The van der Waals surface area contributed by atoms with Crippen molar-refractivity contribution in [2.45, 2.75) is 11.8 Å². The van der Waals surface area contributed by atoms with Crippen molar-refractivity contribution in [1.29, 1.82) is 0 Å². The summed E-state index contributed by atoms with van der Waals surface area (Å²) in [6.45, 7) is 1.31. The number of sulfonamides is 1. The van der Waals surface area contributed by atoms with E-state index in [4.69, 9.17) is 16.3 Å². The van der Waals surface area contributed by atoms with Crippen LogP contribution < -0.4 is 14.5 Å². The molecule has 0 aliphatic carbocycles. The van der Waals surface area contributed by atoms with E-state index < -0.39 is 22.5 Å². The lowest BCUT2D eigenvalue weighted by atomic mass is 10.2. The third-order valence-corrected chi connectivity index (χ3v) is 7.34. The van der Waals surface area contributed by atoms with Gasteiger partial charge in [0.2, 0.25) is 0 Å². The molecule has 172 valence electrons. The number of hydrogen-bond acceptors (Lipinski definition) is 5. The van der Waals surface area contributed by atoms with Gasteiger partial charge in [0.15, 0.2) is 0 Å². The summed E-state index contributed by atoms with van der Waals surface area (Å²) in [6.07, 6.45) is 1.46. The van der Waals surface area contributed by atoms with E-state index in [0.717, 1.165) is 19.9 Å². The molecule has 0 atom stereocenters. The predicted octanol–water partition coefficient (Wildman–Crippen LogP) is 4.77. The van der Waals surface area contributed by atoms with Gasteiger partial charge in [-0.1, -0.05) is 63.4 Å². The molecule has 33 heavy (non-hydrogen) atoms. The van der Waals surface area contributed by atoms with Gasteiger partial charge in [-0.25, -0.2) is 13.8 Å². The fraction of sp³-hybridized carbons (Fsp3) is 0.130. The monoisotopic (exact) mass is 549 g/mol. The first-order valence-corrected chi connectivity index (χ1v) is 12.3. The maximum absolute atomic E-state index is 13.5. The average molecular weight is 551 g/mol. The third kappa shape index (κ3) is 6.13. The molecule has 0 aliphatic rings. The number of halogens is 2. The summed E-state index contributed by atoms with van der Waals surface area (Å²) in [7, 11) is -2.72. The number of anilines is 1. The molecule has 0 unspecified atom stereocenters. The quantitative estimate of drug-likeness (QED) is 0.323. The number of rotatable bonds is 8. The van der Waals surface area contributed by atoms with E-state index >= 15 is 0 Å². The second kappa shape index (κ2) is 10.8. The Morgan fingerprint density at radius 2 is 1.85 bits per heavy atom. The number of carbonyl (C=O) groups is 1. The third-order valence-electron chi connectivity index (χ3n) is 4.60. The highest BCUT2D eigenvalue weighted by molar-refractivity contribution is 9.10. The van der Waals surface area contributed by atoms with Crippen molar-refractivity contribution in [3.05, 3.63) is 87.4 Å². The molecule has 0 heterocycles. The molecule has 0 aliphatic heterocycles. The van der Waals surface area contributed by atoms with Crippen LogP contribution in [0.25, 0.3) is 0 Å². The van der Waals surface area contributed by atoms with Crippen molar-refractivity contribution >= 4 is 55.4 Å². The van der Waals surface area contributed by atoms with Crippen molar-refractivity contribution in [2.75, 3.05) is 18.0 Å². The molecule has 0 aromatic heterocycles. The maximum atomic E-state index is 13.5. The van der Waals surface area contributed by atoms with Crippen LogP contribution in [0.4, 0.5) is 5.69 Å². The summed E-state index contributed by atoms with van der Waals surface area (Å²) >= 11 is 9.53. The fourth-order valence-corrected chi connectivity index (χ4v) is 4.89. The first-order valence-electron chi connectivity index (χ1n) is 9.72. The Balaban J connectivity index is 1.94. The standard InChI is InChI=1S/C23H21BrClN3O4S/c1-16-7-10-19(11-8-16)33(30,31)28(21-13-18(25)9-12-22(21)32-2)15-23(29)27-26-14-17-5-3-4-6-20(17)24/h3-14H,15H2,1-2H3,(H,27,29)/b26-14-. The van der Waals surface area contributed by atoms with Crippen LogP contribution in [-0.4, -0.2) is 34.2 Å². The van der Waals surface area contributed by atoms with E-state index in [9.17, 15) is 13.2 Å². The molecule has 0 bridgehead atoms. The second-order valence-electron chi connectivity index (χ2n) is 6.96. The SMILES string of the molecule is COc1ccc(Cl)cc1N(CC(=O)N/N=C\c1ccccc1Br)S(=O)(=O)c1ccc(C)cc1. The number of ether oxygens (including phenoxy) is 1. The van der Waals surface area contributed by atoms with Gasteiger partial charge in [0.1, 0.15) is 12.3 Å². The van der Waals surface area contributed by atoms with Crippen molar-refractivity contribution in [2.24, 2.45) is 5.10 Å². The summed E-state index contributed by atoms with van der Waals surface area (Å²) in [5.41, 5.74) is 4.16. The Kier molecular flexibility index (Phi) is 8.12. The Labute approximate surface area is 206 Å². The molecular formula is C23H21BrClN3O4S. The van der Waals surface area contributed by atoms with E-state index in [1.807, 2.05) is 31.2 Å². The number of benzene rings is 3. The number of carbonyl (C=O) groups excluding carboxylic acids is 1. The highest BCUT2D eigenvalue weighted by Gasteiger charge is 2.29. The molecule has 0 saturated carbocycles. The number of hydrazone groups is 1. The number of nitrogens with one attached hydrogen (secondary N) is 1. The molecule has 0 fully saturated rings. The molecule has 3 rings (SSSR count). The average Bonchev–Trinajstić information content (AvgIpc) is 2.79. The van der Waals surface area contributed by atoms with E-state index in [1.165, 1.54) is 37.6 Å². The van der Waals surface area contributed by atoms with Crippen LogP contribution in [0.15, 0.2) is 81.2 Å². The van der Waals surface area contributed by atoms with Gasteiger partial charge in [-0.3, -0.25) is 9.10 Å². The van der Waals surface area contributed by atoms with E-state index in [-0.39, 0.29) is 16.3 Å². The van der Waals surface area contributed by atoms with Gasteiger partial charge >= 0.3 is 0 Å². The zero-order chi connectivity index (χ0) is 24.0. The summed E-state index contributed by atoms with van der Waals surface area (Å²) in [4.78, 5) is 12.7. The number of hydrogen-bond donors (Lipinski definition) is 1. The minimum Gasteiger partial charge on any atom is -0.495 e. The molecule has 0 spiro atoms. The second-order valence-corrected chi connectivity index (χ2v) is 10.1. The van der Waals surface area contributed by atoms with Gasteiger partial charge in [0.25, 0.3) is 15.9 Å². The Morgan fingerprint density at radius 1 is 1.15 bits per heavy atom. The largest absolute Gasteiger partial charge is 0.495 e. The normalized spacial score (nSPS) is 11.4. The molecule has 0 saturated heterocycles. The molecule has 3 aromatic carbocycles. The molecule has 7 nitrogen and oxygen atoms in total. The predicted molar refractivity (Wildman–Crippen MR) is 134 cm³/mol. The molecule has 1 amide bonds. The Bertz CT molecular complexity index is 1280. The van der Waals surface area contributed by atoms with Crippen molar-refractivity contribution in [3.8, 4) is 5.75 Å². The number of methoxy groups -OCH3 is 1. The lowest BCUT2D eigenvalue weighted by Gasteiger charge is -2.25. The van der Waals surface area contributed by atoms with Crippen LogP contribution in [-0.2, 0) is 14.8 Å². The lowest BCUT2D eigenvalue weighted by molar-refractivity contribution is -0.119. The zero-order valence-corrected chi connectivity index (χ0v) is 21.0. The highest BCUT2D eigenvalue weighted by atomic mass is 79.9. The van der Waals surface area contributed by atoms with Crippen LogP contribution in [0, 0.1) is 6.92 Å². The summed E-state index contributed by atoms with van der Waals surface area (Å²) in [5, 5.41) is 4.24. The topological polar surface area (TPSA) is 88.1 Å². The molecule has 10 heteroatoms. The lowest BCUT2D eigenvalue weighted by Crippen LogP contribution is -2.39. The van der Waals surface area contributed by atoms with Crippen LogP contribution in [0.1, 0.15) is 11.1 Å². The highest BCUT2D eigenvalue weighted by Crippen LogP contribution is 2.34. The van der Waals surface area contributed by atoms with Crippen LogP contribution in [0.3, 0.4) is 0 Å². The van der Waals surface area contributed by atoms with Gasteiger partial charge in [-0.2, -0.15) is 5.10 Å². The number of amides is 1. The zero-order valence-electron chi connectivity index (χ0n) is 17.8. The van der Waals surface area contributed by atoms with Crippen LogP contribution in [0.5, 0.6) is 5.75 Å². The Morgan fingerprint density at radius 3 is 2.52 bits per heavy atom. The van der Waals surface area contributed by atoms with Crippen molar-refractivity contribution in [1.82, 2.24) is 5.43 Å². The van der Waals surface area contributed by atoms with Crippen molar-refractivity contribution < 1.29 is 17.9 Å². The van der Waals surface area contributed by atoms with E-state index in [0.29, 0.717) is 5.02 Å². The molecular weight excluding hydrogens is 530 g/mol. The van der Waals surface area contributed by atoms with Crippen LogP contribution >= 0.6 is 27.5 Å². The Hall–Kier alpha value is -2.88.